The minimum absolute atomic E-state index is 0.0537. The summed E-state index contributed by atoms with van der Waals surface area (Å²) in [7, 11) is 1.54. The number of aliphatic hydroxyl groups excluding tert-OH is 1. The average Bonchev–Trinajstić information content (AvgIpc) is 3.28. The fraction of sp³-hybridized carbons (Fsp3) is 0.395. The van der Waals surface area contributed by atoms with Crippen molar-refractivity contribution in [3.8, 4) is 5.75 Å². The second-order valence-corrected chi connectivity index (χ2v) is 12.4. The molecule has 0 bridgehead atoms. The van der Waals surface area contributed by atoms with Crippen molar-refractivity contribution >= 4 is 29.1 Å². The molecule has 0 aliphatic carbocycles. The van der Waals surface area contributed by atoms with Crippen molar-refractivity contribution in [2.45, 2.75) is 64.1 Å². The van der Waals surface area contributed by atoms with Crippen LogP contribution in [-0.4, -0.2) is 59.6 Å². The number of hydrogen-bond donors (Lipinski definition) is 2. The Morgan fingerprint density at radius 3 is 2.53 bits per heavy atom. The zero-order valence-corrected chi connectivity index (χ0v) is 27.3. The van der Waals surface area contributed by atoms with Crippen LogP contribution < -0.4 is 14.5 Å². The minimum Gasteiger partial charge on any atom is -0.497 e. The molecule has 0 spiro atoms. The number of fused-ring (bicyclic) bond motifs is 1. The zero-order chi connectivity index (χ0) is 33.4. The molecule has 2 aliphatic rings. The molecule has 3 aromatic rings. The van der Waals surface area contributed by atoms with Gasteiger partial charge in [-0.15, -0.1) is 0 Å². The fourth-order valence-corrected chi connectivity index (χ4v) is 6.51. The molecular formula is C38H45N3O6. The molecule has 5 rings (SSSR count). The van der Waals surface area contributed by atoms with Crippen LogP contribution >= 0.6 is 0 Å². The maximum atomic E-state index is 14.2. The van der Waals surface area contributed by atoms with Gasteiger partial charge >= 0.3 is 0 Å². The molecule has 248 valence electrons. The summed E-state index contributed by atoms with van der Waals surface area (Å²) < 4.78 is 5.46. The second kappa shape index (κ2) is 15.4. The van der Waals surface area contributed by atoms with E-state index in [0.29, 0.717) is 36.5 Å². The summed E-state index contributed by atoms with van der Waals surface area (Å²) >= 11 is 0. The van der Waals surface area contributed by atoms with E-state index in [0.717, 1.165) is 42.5 Å². The van der Waals surface area contributed by atoms with Gasteiger partial charge in [0.1, 0.15) is 5.75 Å². The van der Waals surface area contributed by atoms with Gasteiger partial charge in [-0.2, -0.15) is 0 Å². The first-order valence-corrected chi connectivity index (χ1v) is 16.5. The topological polar surface area (TPSA) is 111 Å². The molecule has 2 aliphatic heterocycles. The van der Waals surface area contributed by atoms with Crippen molar-refractivity contribution in [3.05, 3.63) is 102 Å². The van der Waals surface area contributed by atoms with Crippen molar-refractivity contribution in [1.29, 1.82) is 0 Å². The monoisotopic (exact) mass is 639 g/mol. The summed E-state index contributed by atoms with van der Waals surface area (Å²) in [5.41, 5.74) is 1.74. The van der Waals surface area contributed by atoms with Crippen LogP contribution in [0, 0.1) is 5.92 Å². The number of anilines is 2. The lowest BCUT2D eigenvalue weighted by molar-refractivity contribution is -0.139. The highest BCUT2D eigenvalue weighted by Gasteiger charge is 2.52. The molecule has 0 unspecified atom stereocenters. The van der Waals surface area contributed by atoms with Gasteiger partial charge in [-0.05, 0) is 54.3 Å². The number of aliphatic hydroxyl groups is 2. The number of benzene rings is 3. The number of rotatable bonds is 12. The van der Waals surface area contributed by atoms with Gasteiger partial charge in [-0.25, -0.2) is 0 Å². The zero-order valence-electron chi connectivity index (χ0n) is 27.3. The second-order valence-electron chi connectivity index (χ2n) is 12.4. The van der Waals surface area contributed by atoms with Crippen molar-refractivity contribution in [3.63, 3.8) is 0 Å². The maximum Gasteiger partial charge on any atom is 0.264 e. The SMILES string of the molecule is COc1ccc2c(c1)[C@](O)([C@@H](C)/C=C/CC(=O)N(CCO)Cc1ccccc1)C(=O)N2Cc1cccc(N2CCCCCCC2=O)c1. The Morgan fingerprint density at radius 2 is 1.77 bits per heavy atom. The van der Waals surface area contributed by atoms with Gasteiger partial charge in [-0.1, -0.05) is 74.4 Å². The molecule has 0 radical (unpaired) electrons. The molecule has 2 heterocycles. The summed E-state index contributed by atoms with van der Waals surface area (Å²) in [6.07, 6.45) is 7.98. The Balaban J connectivity index is 1.35. The predicted octanol–water partition coefficient (Wildman–Crippen LogP) is 5.33. The molecule has 3 amide bonds. The van der Waals surface area contributed by atoms with E-state index in [1.807, 2.05) is 59.5 Å². The average molecular weight is 640 g/mol. The summed E-state index contributed by atoms with van der Waals surface area (Å²) in [6.45, 7) is 3.06. The van der Waals surface area contributed by atoms with Gasteiger partial charge in [0.25, 0.3) is 5.91 Å². The van der Waals surface area contributed by atoms with Gasteiger partial charge in [0.05, 0.1) is 25.9 Å². The highest BCUT2D eigenvalue weighted by atomic mass is 16.5. The number of methoxy groups -OCH3 is 1. The lowest BCUT2D eigenvalue weighted by atomic mass is 9.83. The molecule has 2 N–H and O–H groups in total. The Bertz CT molecular complexity index is 1590. The van der Waals surface area contributed by atoms with E-state index in [9.17, 15) is 24.6 Å². The number of amides is 3. The Morgan fingerprint density at radius 1 is 1.00 bits per heavy atom. The van der Waals surface area contributed by atoms with E-state index < -0.39 is 17.4 Å². The van der Waals surface area contributed by atoms with Crippen LogP contribution in [0.1, 0.15) is 62.1 Å². The highest BCUT2D eigenvalue weighted by molar-refractivity contribution is 6.07. The molecule has 1 saturated heterocycles. The Hall–Kier alpha value is -4.47. The number of hydrogen-bond acceptors (Lipinski definition) is 6. The van der Waals surface area contributed by atoms with Gasteiger partial charge in [0, 0.05) is 49.6 Å². The summed E-state index contributed by atoms with van der Waals surface area (Å²) in [5.74, 6) is -0.684. The third-order valence-electron chi connectivity index (χ3n) is 9.18. The van der Waals surface area contributed by atoms with Crippen molar-refractivity contribution in [1.82, 2.24) is 4.90 Å². The molecule has 1 fully saturated rings. The molecule has 9 nitrogen and oxygen atoms in total. The lowest BCUT2D eigenvalue weighted by Crippen LogP contribution is -2.44. The predicted molar refractivity (Wildman–Crippen MR) is 182 cm³/mol. The van der Waals surface area contributed by atoms with Crippen LogP contribution in [0.4, 0.5) is 11.4 Å². The number of nitrogens with zero attached hydrogens (tertiary/aromatic N) is 3. The largest absolute Gasteiger partial charge is 0.497 e. The lowest BCUT2D eigenvalue weighted by Gasteiger charge is -2.28. The first-order valence-electron chi connectivity index (χ1n) is 16.5. The summed E-state index contributed by atoms with van der Waals surface area (Å²) in [6, 6.07) is 22.5. The summed E-state index contributed by atoms with van der Waals surface area (Å²) in [4.78, 5) is 45.2. The van der Waals surface area contributed by atoms with E-state index in [4.69, 9.17) is 4.74 Å². The van der Waals surface area contributed by atoms with Crippen molar-refractivity contribution in [2.24, 2.45) is 5.92 Å². The van der Waals surface area contributed by atoms with Crippen LogP contribution in [0.2, 0.25) is 0 Å². The van der Waals surface area contributed by atoms with Crippen LogP contribution in [0.5, 0.6) is 5.75 Å². The van der Waals surface area contributed by atoms with E-state index in [2.05, 4.69) is 0 Å². The van der Waals surface area contributed by atoms with Crippen LogP contribution in [0.15, 0.2) is 84.9 Å². The van der Waals surface area contributed by atoms with Crippen molar-refractivity contribution in [2.75, 3.05) is 36.6 Å². The van der Waals surface area contributed by atoms with Crippen molar-refractivity contribution < 1.29 is 29.3 Å². The minimum atomic E-state index is -1.89. The molecule has 47 heavy (non-hydrogen) atoms. The standard InChI is InChI=1S/C38H45N3O6/c1-28(12-10-18-35(43)39(22-23-42)26-29-13-6-5-7-14-29)38(46)33-25-32(47-2)19-20-34(33)41(37(38)45)27-30-15-11-16-31(24-30)40-21-9-4-3-8-17-36(40)44/h5-7,10-16,19-20,24-25,28,42,46H,3-4,8-9,17-18,21-23,26-27H2,1-2H3/b12-10+/t28-,38+/m0/s1. The molecule has 2 atom stereocenters. The summed E-state index contributed by atoms with van der Waals surface area (Å²) in [5, 5.41) is 21.7. The molecular weight excluding hydrogens is 594 g/mol. The van der Waals surface area contributed by atoms with Gasteiger partial charge in [0.2, 0.25) is 11.8 Å². The van der Waals surface area contributed by atoms with E-state index in [-0.39, 0.29) is 37.9 Å². The van der Waals surface area contributed by atoms with E-state index >= 15 is 0 Å². The first kappa shape index (κ1) is 33.9. The third kappa shape index (κ3) is 7.58. The van der Waals surface area contributed by atoms with Gasteiger partial charge in [0.15, 0.2) is 5.60 Å². The molecule has 3 aromatic carbocycles. The smallest absolute Gasteiger partial charge is 0.264 e. The van der Waals surface area contributed by atoms with Gasteiger partial charge in [-0.3, -0.25) is 14.4 Å². The Kier molecular flexibility index (Phi) is 11.1. The Labute approximate surface area is 277 Å². The van der Waals surface area contributed by atoms with Gasteiger partial charge < -0.3 is 29.6 Å². The number of ether oxygens (including phenoxy) is 1. The molecule has 9 heteroatoms. The number of carbonyl (C=O) groups excluding carboxylic acids is 3. The number of carbonyl (C=O) groups is 3. The molecule has 0 saturated carbocycles. The highest BCUT2D eigenvalue weighted by Crippen LogP contribution is 2.47. The quantitative estimate of drug-likeness (QED) is 0.259. The third-order valence-corrected chi connectivity index (χ3v) is 9.18. The van der Waals surface area contributed by atoms with Crippen LogP contribution in [0.3, 0.4) is 0 Å². The van der Waals surface area contributed by atoms with Crippen LogP contribution in [-0.2, 0) is 33.1 Å². The first-order chi connectivity index (χ1) is 22.8. The van der Waals surface area contributed by atoms with E-state index in [1.165, 1.54) is 7.11 Å². The molecule has 0 aromatic heterocycles. The van der Waals surface area contributed by atoms with Crippen LogP contribution in [0.25, 0.3) is 0 Å². The maximum absolute atomic E-state index is 14.2. The fourth-order valence-electron chi connectivity index (χ4n) is 6.51. The van der Waals surface area contributed by atoms with E-state index in [1.54, 1.807) is 47.1 Å². The normalized spacial score (nSPS) is 19.0.